The normalized spacial score (nSPS) is 12.3. The monoisotopic (exact) mass is 299 g/mol. The molecule has 0 fully saturated rings. The summed E-state index contributed by atoms with van der Waals surface area (Å²) in [5.41, 5.74) is 1.49. The smallest absolute Gasteiger partial charge is 0.144 e. The number of rotatable bonds is 3. The van der Waals surface area contributed by atoms with E-state index < -0.39 is 6.10 Å². The van der Waals surface area contributed by atoms with Gasteiger partial charge in [0.15, 0.2) is 0 Å². The van der Waals surface area contributed by atoms with Gasteiger partial charge in [-0.3, -0.25) is 4.57 Å². The summed E-state index contributed by atoms with van der Waals surface area (Å²) in [6, 6.07) is 10.8. The molecule has 0 aliphatic heterocycles. The Balaban J connectivity index is 2.07. The second-order valence-electron chi connectivity index (χ2n) is 4.71. The number of halogens is 1. The molecule has 2 heterocycles. The number of nitrogens with zero attached hydrogens (tertiary/aromatic N) is 3. The van der Waals surface area contributed by atoms with Gasteiger partial charge in [0.2, 0.25) is 0 Å². The van der Waals surface area contributed by atoms with Crippen LogP contribution in [0.2, 0.25) is 5.02 Å². The van der Waals surface area contributed by atoms with Crippen molar-refractivity contribution in [1.82, 2.24) is 14.5 Å². The predicted octanol–water partition coefficient (Wildman–Crippen LogP) is 3.31. The fourth-order valence-corrected chi connectivity index (χ4v) is 2.38. The van der Waals surface area contributed by atoms with Crippen LogP contribution < -0.4 is 0 Å². The average Bonchev–Trinajstić information content (AvgIpc) is 2.93. The van der Waals surface area contributed by atoms with E-state index in [9.17, 15) is 5.11 Å². The zero-order valence-corrected chi connectivity index (χ0v) is 12.2. The highest BCUT2D eigenvalue weighted by Gasteiger charge is 2.17. The first-order chi connectivity index (χ1) is 10.2. The van der Waals surface area contributed by atoms with E-state index in [-0.39, 0.29) is 0 Å². The van der Waals surface area contributed by atoms with E-state index in [4.69, 9.17) is 11.6 Å². The molecule has 1 N–H and O–H groups in total. The number of hydrogen-bond acceptors (Lipinski definition) is 3. The third-order valence-corrected chi connectivity index (χ3v) is 3.60. The summed E-state index contributed by atoms with van der Waals surface area (Å²) in [5.74, 6) is 1.49. The summed E-state index contributed by atoms with van der Waals surface area (Å²) in [6.07, 6.45) is 4.47. The number of aliphatic hydroxyl groups excluding tert-OH is 1. The maximum absolute atomic E-state index is 10.6. The lowest BCUT2D eigenvalue weighted by molar-refractivity contribution is 0.219. The van der Waals surface area contributed by atoms with Gasteiger partial charge in [-0.05, 0) is 30.7 Å². The number of aryl methyl sites for hydroxylation is 1. The van der Waals surface area contributed by atoms with Crippen molar-refractivity contribution in [2.75, 3.05) is 0 Å². The van der Waals surface area contributed by atoms with Crippen LogP contribution in [0, 0.1) is 6.92 Å². The van der Waals surface area contributed by atoms with Gasteiger partial charge >= 0.3 is 0 Å². The SMILES string of the molecule is Cc1nccn1-c1ncccc1C(O)c1ccc(Cl)cc1. The van der Waals surface area contributed by atoms with Gasteiger partial charge in [-0.2, -0.15) is 0 Å². The maximum Gasteiger partial charge on any atom is 0.144 e. The fourth-order valence-electron chi connectivity index (χ4n) is 2.25. The van der Waals surface area contributed by atoms with Crippen LogP contribution in [-0.4, -0.2) is 19.6 Å². The highest BCUT2D eigenvalue weighted by Crippen LogP contribution is 2.27. The molecule has 0 radical (unpaired) electrons. The van der Waals surface area contributed by atoms with Crippen molar-refractivity contribution in [2.24, 2.45) is 0 Å². The quantitative estimate of drug-likeness (QED) is 0.807. The molecular formula is C16H14ClN3O. The Kier molecular flexibility index (Phi) is 3.73. The molecule has 0 amide bonds. The van der Waals surface area contributed by atoms with Crippen molar-refractivity contribution in [3.63, 3.8) is 0 Å². The van der Waals surface area contributed by atoms with E-state index in [1.807, 2.05) is 42.0 Å². The molecular weight excluding hydrogens is 286 g/mol. The summed E-state index contributed by atoms with van der Waals surface area (Å²) in [5, 5.41) is 11.3. The predicted molar refractivity (Wildman–Crippen MR) is 81.6 cm³/mol. The van der Waals surface area contributed by atoms with Gasteiger partial charge in [0.25, 0.3) is 0 Å². The molecule has 0 aliphatic rings. The summed E-state index contributed by atoms with van der Waals surface area (Å²) in [6.45, 7) is 1.90. The fraction of sp³-hybridized carbons (Fsp3) is 0.125. The lowest BCUT2D eigenvalue weighted by Gasteiger charge is -2.16. The van der Waals surface area contributed by atoms with E-state index in [0.717, 1.165) is 17.0 Å². The van der Waals surface area contributed by atoms with Crippen LogP contribution in [-0.2, 0) is 0 Å². The van der Waals surface area contributed by atoms with Gasteiger partial charge in [-0.1, -0.05) is 29.8 Å². The van der Waals surface area contributed by atoms with Crippen molar-refractivity contribution in [3.8, 4) is 5.82 Å². The first-order valence-corrected chi connectivity index (χ1v) is 6.93. The van der Waals surface area contributed by atoms with Crippen LogP contribution in [0.3, 0.4) is 0 Å². The van der Waals surface area contributed by atoms with Crippen molar-refractivity contribution in [1.29, 1.82) is 0 Å². The second-order valence-corrected chi connectivity index (χ2v) is 5.15. The minimum atomic E-state index is -0.771. The third kappa shape index (κ3) is 2.68. The molecule has 4 nitrogen and oxygen atoms in total. The Labute approximate surface area is 127 Å². The molecule has 0 saturated carbocycles. The number of aliphatic hydroxyl groups is 1. The van der Waals surface area contributed by atoms with Gasteiger partial charge < -0.3 is 5.11 Å². The lowest BCUT2D eigenvalue weighted by Crippen LogP contribution is -2.08. The lowest BCUT2D eigenvalue weighted by atomic mass is 10.0. The zero-order valence-electron chi connectivity index (χ0n) is 11.4. The molecule has 0 aliphatic carbocycles. The zero-order chi connectivity index (χ0) is 14.8. The Morgan fingerprint density at radius 3 is 2.52 bits per heavy atom. The minimum Gasteiger partial charge on any atom is -0.384 e. The molecule has 1 unspecified atom stereocenters. The minimum absolute atomic E-state index is 0.641. The van der Waals surface area contributed by atoms with Crippen LogP contribution in [0.15, 0.2) is 55.0 Å². The van der Waals surface area contributed by atoms with Crippen LogP contribution in [0.25, 0.3) is 5.82 Å². The Morgan fingerprint density at radius 2 is 1.86 bits per heavy atom. The number of benzene rings is 1. The number of pyridine rings is 1. The molecule has 3 rings (SSSR count). The van der Waals surface area contributed by atoms with E-state index >= 15 is 0 Å². The van der Waals surface area contributed by atoms with Crippen LogP contribution in [0.1, 0.15) is 23.1 Å². The Hall–Kier alpha value is -2.17. The standard InChI is InChI=1S/C16H14ClN3O/c1-11-18-9-10-20(11)16-14(3-2-8-19-16)15(21)12-4-6-13(17)7-5-12/h2-10,15,21H,1H3. The Bertz CT molecular complexity index is 752. The summed E-state index contributed by atoms with van der Waals surface area (Å²) in [7, 11) is 0. The Morgan fingerprint density at radius 1 is 1.10 bits per heavy atom. The first kappa shape index (κ1) is 13.8. The van der Waals surface area contributed by atoms with Gasteiger partial charge in [-0.15, -0.1) is 0 Å². The van der Waals surface area contributed by atoms with Crippen LogP contribution in [0.4, 0.5) is 0 Å². The van der Waals surface area contributed by atoms with Gasteiger partial charge in [0.05, 0.1) is 0 Å². The molecule has 106 valence electrons. The molecule has 0 saturated heterocycles. The third-order valence-electron chi connectivity index (χ3n) is 3.35. The van der Waals surface area contributed by atoms with Gasteiger partial charge in [-0.25, -0.2) is 9.97 Å². The highest BCUT2D eigenvalue weighted by molar-refractivity contribution is 6.30. The average molecular weight is 300 g/mol. The van der Waals surface area contributed by atoms with E-state index in [0.29, 0.717) is 10.8 Å². The van der Waals surface area contributed by atoms with Gasteiger partial charge in [0, 0.05) is 29.2 Å². The van der Waals surface area contributed by atoms with Crippen molar-refractivity contribution >= 4 is 11.6 Å². The number of aromatic nitrogens is 3. The maximum atomic E-state index is 10.6. The molecule has 1 atom stereocenters. The van der Waals surface area contributed by atoms with E-state index in [1.54, 1.807) is 24.5 Å². The summed E-state index contributed by atoms with van der Waals surface area (Å²) >= 11 is 5.89. The van der Waals surface area contributed by atoms with Gasteiger partial charge in [0.1, 0.15) is 17.7 Å². The summed E-state index contributed by atoms with van der Waals surface area (Å²) < 4.78 is 1.86. The molecule has 5 heteroatoms. The van der Waals surface area contributed by atoms with Crippen molar-refractivity contribution in [2.45, 2.75) is 13.0 Å². The number of hydrogen-bond donors (Lipinski definition) is 1. The molecule has 2 aromatic heterocycles. The highest BCUT2D eigenvalue weighted by atomic mass is 35.5. The van der Waals surface area contributed by atoms with Crippen molar-refractivity contribution < 1.29 is 5.11 Å². The molecule has 0 bridgehead atoms. The topological polar surface area (TPSA) is 50.9 Å². The first-order valence-electron chi connectivity index (χ1n) is 6.55. The summed E-state index contributed by atoms with van der Waals surface area (Å²) in [4.78, 5) is 8.58. The largest absolute Gasteiger partial charge is 0.384 e. The molecule has 21 heavy (non-hydrogen) atoms. The van der Waals surface area contributed by atoms with Crippen LogP contribution >= 0.6 is 11.6 Å². The molecule has 1 aromatic carbocycles. The van der Waals surface area contributed by atoms with Crippen molar-refractivity contribution in [3.05, 3.63) is 77.0 Å². The second kappa shape index (κ2) is 5.68. The van der Waals surface area contributed by atoms with E-state index in [2.05, 4.69) is 9.97 Å². The molecule has 0 spiro atoms. The molecule has 3 aromatic rings. The number of imidazole rings is 1. The van der Waals surface area contributed by atoms with Crippen LogP contribution in [0.5, 0.6) is 0 Å². The van der Waals surface area contributed by atoms with E-state index in [1.165, 1.54) is 0 Å².